The Balaban J connectivity index is 1.66. The summed E-state index contributed by atoms with van der Waals surface area (Å²) in [5.74, 6) is 0.319. The topological polar surface area (TPSA) is 84.2 Å². The van der Waals surface area contributed by atoms with Crippen LogP contribution in [0.15, 0.2) is 0 Å². The average molecular weight is 309 g/mol. The van der Waals surface area contributed by atoms with E-state index in [0.717, 1.165) is 51.4 Å². The van der Waals surface area contributed by atoms with Gasteiger partial charge in [-0.3, -0.25) is 9.59 Å². The zero-order chi connectivity index (χ0) is 15.9. The van der Waals surface area contributed by atoms with Gasteiger partial charge in [0, 0.05) is 30.5 Å². The molecule has 0 radical (unpaired) electrons. The van der Waals surface area contributed by atoms with Gasteiger partial charge in [0.15, 0.2) is 0 Å². The maximum atomic E-state index is 12.2. The predicted octanol–water partition coefficient (Wildman–Crippen LogP) is 1.85. The van der Waals surface area contributed by atoms with Crippen molar-refractivity contribution >= 4 is 11.8 Å². The van der Waals surface area contributed by atoms with E-state index < -0.39 is 0 Å². The fraction of sp³-hybridized carbons (Fsp3) is 0.882. The molecule has 2 amide bonds. The largest absolute Gasteiger partial charge is 0.353 e. The molecular weight excluding hydrogens is 278 g/mol. The van der Waals surface area contributed by atoms with Gasteiger partial charge in [0.1, 0.15) is 0 Å². The zero-order valence-corrected chi connectivity index (χ0v) is 13.8. The van der Waals surface area contributed by atoms with Crippen molar-refractivity contribution in [2.24, 2.45) is 11.7 Å². The Morgan fingerprint density at radius 2 is 1.68 bits per heavy atom. The first kappa shape index (κ1) is 17.3. The fourth-order valence-corrected chi connectivity index (χ4v) is 3.60. The molecule has 2 aliphatic carbocycles. The summed E-state index contributed by atoms with van der Waals surface area (Å²) in [6.45, 7) is 1.91. The van der Waals surface area contributed by atoms with Crippen LogP contribution in [0.2, 0.25) is 0 Å². The minimum absolute atomic E-state index is 0.0388. The molecule has 1 atom stereocenters. The quantitative estimate of drug-likeness (QED) is 0.724. The monoisotopic (exact) mass is 309 g/mol. The van der Waals surface area contributed by atoms with E-state index >= 15 is 0 Å². The van der Waals surface area contributed by atoms with Crippen molar-refractivity contribution in [3.63, 3.8) is 0 Å². The number of carbonyl (C=O) groups excluding carboxylic acids is 2. The molecular formula is C17H31N3O2. The average Bonchev–Trinajstić information content (AvgIpc) is 2.50. The van der Waals surface area contributed by atoms with Gasteiger partial charge in [0.2, 0.25) is 11.8 Å². The van der Waals surface area contributed by atoms with Gasteiger partial charge in [-0.25, -0.2) is 0 Å². The molecule has 0 aromatic carbocycles. The summed E-state index contributed by atoms with van der Waals surface area (Å²) in [7, 11) is 0. The van der Waals surface area contributed by atoms with Crippen LogP contribution in [-0.2, 0) is 9.59 Å². The van der Waals surface area contributed by atoms with Crippen LogP contribution in [0.25, 0.3) is 0 Å². The molecule has 0 aromatic heterocycles. The number of nitrogens with two attached hydrogens (primary N) is 1. The van der Waals surface area contributed by atoms with E-state index in [1.807, 2.05) is 6.92 Å². The van der Waals surface area contributed by atoms with Crippen molar-refractivity contribution in [1.29, 1.82) is 0 Å². The third kappa shape index (κ3) is 5.59. The number of nitrogens with one attached hydrogen (secondary N) is 2. The van der Waals surface area contributed by atoms with E-state index in [9.17, 15) is 9.59 Å². The fourth-order valence-electron chi connectivity index (χ4n) is 3.60. The van der Waals surface area contributed by atoms with Crippen LogP contribution in [0.1, 0.15) is 71.1 Å². The SMILES string of the molecule is CC(CC(=O)NC1CCC(N)CC1)NC(=O)C1CCCCC1. The Hall–Kier alpha value is -1.10. The van der Waals surface area contributed by atoms with Gasteiger partial charge >= 0.3 is 0 Å². The zero-order valence-electron chi connectivity index (χ0n) is 13.8. The lowest BCUT2D eigenvalue weighted by Crippen LogP contribution is -2.44. The van der Waals surface area contributed by atoms with Gasteiger partial charge in [-0.05, 0) is 45.4 Å². The molecule has 22 heavy (non-hydrogen) atoms. The highest BCUT2D eigenvalue weighted by Crippen LogP contribution is 2.23. The van der Waals surface area contributed by atoms with Gasteiger partial charge in [-0.1, -0.05) is 19.3 Å². The molecule has 2 fully saturated rings. The van der Waals surface area contributed by atoms with E-state index in [-0.39, 0.29) is 29.8 Å². The summed E-state index contributed by atoms with van der Waals surface area (Å²) in [6.07, 6.45) is 9.80. The first-order chi connectivity index (χ1) is 10.5. The third-order valence-electron chi connectivity index (χ3n) is 4.99. The molecule has 5 nitrogen and oxygen atoms in total. The van der Waals surface area contributed by atoms with Crippen molar-refractivity contribution in [3.8, 4) is 0 Å². The molecule has 1 unspecified atom stereocenters. The molecule has 4 N–H and O–H groups in total. The molecule has 0 aliphatic heterocycles. The molecule has 2 rings (SSSR count). The Morgan fingerprint density at radius 3 is 2.32 bits per heavy atom. The molecule has 0 bridgehead atoms. The van der Waals surface area contributed by atoms with Crippen LogP contribution < -0.4 is 16.4 Å². The van der Waals surface area contributed by atoms with Crippen LogP contribution in [0.3, 0.4) is 0 Å². The second-order valence-corrected chi connectivity index (χ2v) is 7.13. The molecule has 0 spiro atoms. The number of rotatable bonds is 5. The van der Waals surface area contributed by atoms with Crippen LogP contribution in [0.5, 0.6) is 0 Å². The first-order valence-corrected chi connectivity index (χ1v) is 8.90. The molecule has 2 aliphatic rings. The second kappa shape index (κ2) is 8.51. The van der Waals surface area contributed by atoms with E-state index in [1.54, 1.807) is 0 Å². The summed E-state index contributed by atoms with van der Waals surface area (Å²) in [4.78, 5) is 24.2. The maximum absolute atomic E-state index is 12.2. The lowest BCUT2D eigenvalue weighted by Gasteiger charge is -2.27. The van der Waals surface area contributed by atoms with Gasteiger partial charge in [0.05, 0.1) is 0 Å². The van der Waals surface area contributed by atoms with Gasteiger partial charge in [0.25, 0.3) is 0 Å². The molecule has 2 saturated carbocycles. The van der Waals surface area contributed by atoms with Crippen molar-refractivity contribution in [2.75, 3.05) is 0 Å². The number of amides is 2. The highest BCUT2D eigenvalue weighted by Gasteiger charge is 2.24. The Morgan fingerprint density at radius 1 is 1.05 bits per heavy atom. The van der Waals surface area contributed by atoms with E-state index in [1.165, 1.54) is 6.42 Å². The van der Waals surface area contributed by atoms with Crippen LogP contribution >= 0.6 is 0 Å². The van der Waals surface area contributed by atoms with Gasteiger partial charge in [-0.2, -0.15) is 0 Å². The van der Waals surface area contributed by atoms with Crippen molar-refractivity contribution in [3.05, 3.63) is 0 Å². The Kier molecular flexibility index (Phi) is 6.68. The lowest BCUT2D eigenvalue weighted by atomic mass is 9.88. The molecule has 126 valence electrons. The molecule has 0 saturated heterocycles. The first-order valence-electron chi connectivity index (χ1n) is 8.90. The third-order valence-corrected chi connectivity index (χ3v) is 4.99. The summed E-state index contributed by atoms with van der Waals surface area (Å²) >= 11 is 0. The highest BCUT2D eigenvalue weighted by molar-refractivity contribution is 5.81. The van der Waals surface area contributed by atoms with Crippen molar-refractivity contribution < 1.29 is 9.59 Å². The normalized spacial score (nSPS) is 27.9. The van der Waals surface area contributed by atoms with Crippen LogP contribution in [0.4, 0.5) is 0 Å². The standard InChI is InChI=1S/C17H31N3O2/c1-12(19-17(22)13-5-3-2-4-6-13)11-16(21)20-15-9-7-14(18)8-10-15/h12-15H,2-11,18H2,1H3,(H,19,22)(H,20,21). The minimum Gasteiger partial charge on any atom is -0.353 e. The number of carbonyl (C=O) groups is 2. The van der Waals surface area contributed by atoms with E-state index in [4.69, 9.17) is 5.73 Å². The highest BCUT2D eigenvalue weighted by atomic mass is 16.2. The maximum Gasteiger partial charge on any atom is 0.223 e. The summed E-state index contributed by atoms with van der Waals surface area (Å²) in [5, 5.41) is 6.08. The van der Waals surface area contributed by atoms with Gasteiger partial charge in [-0.15, -0.1) is 0 Å². The molecule has 0 heterocycles. The number of hydrogen-bond acceptors (Lipinski definition) is 3. The van der Waals surface area contributed by atoms with Crippen molar-refractivity contribution in [1.82, 2.24) is 10.6 Å². The summed E-state index contributed by atoms with van der Waals surface area (Å²) in [6, 6.07) is 0.454. The second-order valence-electron chi connectivity index (χ2n) is 7.13. The van der Waals surface area contributed by atoms with E-state index in [2.05, 4.69) is 10.6 Å². The van der Waals surface area contributed by atoms with Crippen molar-refractivity contribution in [2.45, 2.75) is 89.3 Å². The Bertz CT molecular complexity index is 372. The van der Waals surface area contributed by atoms with E-state index in [0.29, 0.717) is 12.5 Å². The smallest absolute Gasteiger partial charge is 0.223 e. The van der Waals surface area contributed by atoms with Gasteiger partial charge < -0.3 is 16.4 Å². The minimum atomic E-state index is -0.0970. The lowest BCUT2D eigenvalue weighted by molar-refractivity contribution is -0.127. The summed E-state index contributed by atoms with van der Waals surface area (Å²) in [5.41, 5.74) is 5.87. The predicted molar refractivity (Wildman–Crippen MR) is 87.2 cm³/mol. The molecule has 5 heteroatoms. The Labute approximate surface area is 133 Å². The number of hydrogen-bond donors (Lipinski definition) is 3. The van der Waals surface area contributed by atoms with Crippen LogP contribution in [0, 0.1) is 5.92 Å². The molecule has 0 aromatic rings. The summed E-state index contributed by atoms with van der Waals surface area (Å²) < 4.78 is 0. The van der Waals surface area contributed by atoms with Crippen LogP contribution in [-0.4, -0.2) is 29.9 Å².